The summed E-state index contributed by atoms with van der Waals surface area (Å²) in [7, 11) is -1.68. The third-order valence-electron chi connectivity index (χ3n) is 3.03. The van der Waals surface area contributed by atoms with Crippen LogP contribution in [0.2, 0.25) is 0 Å². The van der Waals surface area contributed by atoms with E-state index in [9.17, 15) is 13.2 Å². The Balaban J connectivity index is 1.98. The van der Waals surface area contributed by atoms with Crippen molar-refractivity contribution < 1.29 is 22.7 Å². The van der Waals surface area contributed by atoms with Gasteiger partial charge in [0.2, 0.25) is 0 Å². The fraction of sp³-hybridized carbons (Fsp3) is 0.188. The van der Waals surface area contributed by atoms with Crippen molar-refractivity contribution in [3.05, 3.63) is 54.1 Å². The van der Waals surface area contributed by atoms with Gasteiger partial charge in [0.1, 0.15) is 11.5 Å². The minimum atomic E-state index is -3.23. The highest BCUT2D eigenvalue weighted by Crippen LogP contribution is 2.17. The first-order valence-corrected chi connectivity index (χ1v) is 8.39. The van der Waals surface area contributed by atoms with Gasteiger partial charge < -0.3 is 9.47 Å². The zero-order valence-corrected chi connectivity index (χ0v) is 13.1. The number of sulfone groups is 1. The monoisotopic (exact) mass is 320 g/mol. The molecule has 0 unspecified atom stereocenters. The summed E-state index contributed by atoms with van der Waals surface area (Å²) in [5, 5.41) is 0. The maximum absolute atomic E-state index is 12.0. The van der Waals surface area contributed by atoms with E-state index in [-0.39, 0.29) is 17.3 Å². The van der Waals surface area contributed by atoms with Gasteiger partial charge in [-0.25, -0.2) is 8.42 Å². The van der Waals surface area contributed by atoms with Gasteiger partial charge in [-0.05, 0) is 48.5 Å². The van der Waals surface area contributed by atoms with E-state index in [1.54, 1.807) is 31.4 Å². The molecule has 0 aromatic heterocycles. The lowest BCUT2D eigenvalue weighted by Crippen LogP contribution is -2.11. The number of carbonyl (C=O) groups excluding carboxylic acids is 1. The molecule has 0 bridgehead atoms. The molecule has 6 heteroatoms. The van der Waals surface area contributed by atoms with Crippen molar-refractivity contribution in [3.63, 3.8) is 0 Å². The first kappa shape index (κ1) is 16.0. The molecular formula is C16H16O5S. The highest BCUT2D eigenvalue weighted by atomic mass is 32.2. The standard InChI is InChI=1S/C16H16O5S/c1-20-13-5-3-12(4-6-13)16(17)11-21-14-7-9-15(10-8-14)22(2,18)19/h3-10H,11H2,1-2H3. The average molecular weight is 320 g/mol. The number of benzene rings is 2. The van der Waals surface area contributed by atoms with E-state index >= 15 is 0 Å². The molecule has 0 heterocycles. The first-order valence-electron chi connectivity index (χ1n) is 6.50. The number of hydrogen-bond donors (Lipinski definition) is 0. The highest BCUT2D eigenvalue weighted by molar-refractivity contribution is 7.90. The van der Waals surface area contributed by atoms with Gasteiger partial charge >= 0.3 is 0 Å². The van der Waals surface area contributed by atoms with Gasteiger partial charge in [0.05, 0.1) is 12.0 Å². The van der Waals surface area contributed by atoms with E-state index in [0.717, 1.165) is 6.26 Å². The second kappa shape index (κ2) is 6.62. The van der Waals surface area contributed by atoms with Crippen molar-refractivity contribution in [2.24, 2.45) is 0 Å². The summed E-state index contributed by atoms with van der Waals surface area (Å²) in [6.45, 7) is -0.120. The third kappa shape index (κ3) is 4.08. The predicted octanol–water partition coefficient (Wildman–Crippen LogP) is 2.36. The Kier molecular flexibility index (Phi) is 4.82. The van der Waals surface area contributed by atoms with Crippen molar-refractivity contribution in [2.75, 3.05) is 20.0 Å². The van der Waals surface area contributed by atoms with Crippen LogP contribution in [-0.2, 0) is 9.84 Å². The van der Waals surface area contributed by atoms with Crippen LogP contribution in [0.3, 0.4) is 0 Å². The summed E-state index contributed by atoms with van der Waals surface area (Å²) in [4.78, 5) is 12.2. The van der Waals surface area contributed by atoms with Crippen LogP contribution in [0.5, 0.6) is 11.5 Å². The van der Waals surface area contributed by atoms with Gasteiger partial charge in [0, 0.05) is 11.8 Å². The van der Waals surface area contributed by atoms with Crippen molar-refractivity contribution in [2.45, 2.75) is 4.90 Å². The van der Waals surface area contributed by atoms with Gasteiger partial charge in [0.15, 0.2) is 22.2 Å². The predicted molar refractivity (Wildman–Crippen MR) is 82.4 cm³/mol. The average Bonchev–Trinajstić information content (AvgIpc) is 2.52. The fourth-order valence-corrected chi connectivity index (χ4v) is 2.42. The molecule has 0 atom stereocenters. The summed E-state index contributed by atoms with van der Waals surface area (Å²) < 4.78 is 33.1. The van der Waals surface area contributed by atoms with E-state index in [2.05, 4.69) is 0 Å². The molecule has 0 aliphatic rings. The quantitative estimate of drug-likeness (QED) is 0.764. The molecule has 116 valence electrons. The number of carbonyl (C=O) groups is 1. The normalized spacial score (nSPS) is 11.0. The Morgan fingerprint density at radius 1 is 0.955 bits per heavy atom. The van der Waals surface area contributed by atoms with Crippen LogP contribution in [-0.4, -0.2) is 34.2 Å². The fourth-order valence-electron chi connectivity index (χ4n) is 1.79. The Bertz CT molecular complexity index is 746. The van der Waals surface area contributed by atoms with Gasteiger partial charge in [-0.2, -0.15) is 0 Å². The van der Waals surface area contributed by atoms with Crippen molar-refractivity contribution >= 4 is 15.6 Å². The number of ketones is 1. The molecule has 0 spiro atoms. The molecule has 0 aliphatic heterocycles. The SMILES string of the molecule is COc1ccc(C(=O)COc2ccc(S(C)(=O)=O)cc2)cc1. The Hall–Kier alpha value is -2.34. The van der Waals surface area contributed by atoms with Crippen LogP contribution in [0.4, 0.5) is 0 Å². The molecule has 0 fully saturated rings. The van der Waals surface area contributed by atoms with Crippen molar-refractivity contribution in [1.82, 2.24) is 0 Å². The molecule has 22 heavy (non-hydrogen) atoms. The molecule has 0 saturated heterocycles. The first-order chi connectivity index (χ1) is 10.4. The number of rotatable bonds is 6. The molecule has 2 rings (SSSR count). The number of methoxy groups -OCH3 is 1. The molecule has 0 radical (unpaired) electrons. The summed E-state index contributed by atoms with van der Waals surface area (Å²) in [6.07, 6.45) is 1.13. The molecular weight excluding hydrogens is 304 g/mol. The highest BCUT2D eigenvalue weighted by Gasteiger charge is 2.09. The molecule has 0 saturated carbocycles. The van der Waals surface area contributed by atoms with E-state index in [1.807, 2.05) is 0 Å². The minimum absolute atomic E-state index is 0.120. The van der Waals surface area contributed by atoms with Crippen LogP contribution >= 0.6 is 0 Å². The second-order valence-corrected chi connectivity index (χ2v) is 6.70. The molecule has 0 aliphatic carbocycles. The van der Waals surface area contributed by atoms with Gasteiger partial charge in [-0.3, -0.25) is 4.79 Å². The molecule has 0 N–H and O–H groups in total. The van der Waals surface area contributed by atoms with Gasteiger partial charge in [-0.15, -0.1) is 0 Å². The Labute approximate surface area is 129 Å². The van der Waals surface area contributed by atoms with Crippen LogP contribution in [0.25, 0.3) is 0 Å². The van der Waals surface area contributed by atoms with E-state index in [1.165, 1.54) is 24.3 Å². The van der Waals surface area contributed by atoms with Crippen LogP contribution in [0, 0.1) is 0 Å². The summed E-state index contributed by atoms with van der Waals surface area (Å²) >= 11 is 0. The lowest BCUT2D eigenvalue weighted by atomic mass is 10.1. The third-order valence-corrected chi connectivity index (χ3v) is 4.16. The van der Waals surface area contributed by atoms with E-state index in [4.69, 9.17) is 9.47 Å². The molecule has 5 nitrogen and oxygen atoms in total. The summed E-state index contributed by atoms with van der Waals surface area (Å²) in [5.74, 6) is 0.943. The van der Waals surface area contributed by atoms with Crippen molar-refractivity contribution in [1.29, 1.82) is 0 Å². The van der Waals surface area contributed by atoms with Crippen molar-refractivity contribution in [3.8, 4) is 11.5 Å². The topological polar surface area (TPSA) is 69.7 Å². The van der Waals surface area contributed by atoms with Crippen LogP contribution < -0.4 is 9.47 Å². The van der Waals surface area contributed by atoms with Gasteiger partial charge in [-0.1, -0.05) is 0 Å². The maximum Gasteiger partial charge on any atom is 0.200 e. The Morgan fingerprint density at radius 3 is 2.00 bits per heavy atom. The summed E-state index contributed by atoms with van der Waals surface area (Å²) in [6, 6.07) is 12.7. The minimum Gasteiger partial charge on any atom is -0.497 e. The molecule has 2 aromatic carbocycles. The number of Topliss-reactive ketones (excluding diaryl/α,β-unsaturated/α-hetero) is 1. The summed E-state index contributed by atoms with van der Waals surface area (Å²) in [5.41, 5.74) is 0.522. The Morgan fingerprint density at radius 2 is 1.50 bits per heavy atom. The zero-order chi connectivity index (χ0) is 16.2. The number of hydrogen-bond acceptors (Lipinski definition) is 5. The van der Waals surface area contributed by atoms with E-state index in [0.29, 0.717) is 17.1 Å². The second-order valence-electron chi connectivity index (χ2n) is 4.68. The smallest absolute Gasteiger partial charge is 0.200 e. The number of ether oxygens (including phenoxy) is 2. The molecule has 0 amide bonds. The lowest BCUT2D eigenvalue weighted by molar-refractivity contribution is 0.0921. The van der Waals surface area contributed by atoms with E-state index < -0.39 is 9.84 Å². The van der Waals surface area contributed by atoms with Crippen LogP contribution in [0.1, 0.15) is 10.4 Å². The largest absolute Gasteiger partial charge is 0.497 e. The molecule has 2 aromatic rings. The zero-order valence-electron chi connectivity index (χ0n) is 12.3. The van der Waals surface area contributed by atoms with Gasteiger partial charge in [0.25, 0.3) is 0 Å². The lowest BCUT2D eigenvalue weighted by Gasteiger charge is -2.07. The maximum atomic E-state index is 12.0. The van der Waals surface area contributed by atoms with Crippen LogP contribution in [0.15, 0.2) is 53.4 Å².